The van der Waals surface area contributed by atoms with Crippen LogP contribution in [0.25, 0.3) is 0 Å². The fourth-order valence-electron chi connectivity index (χ4n) is 3.84. The van der Waals surface area contributed by atoms with Crippen LogP contribution in [-0.4, -0.2) is 62.7 Å². The Hall–Kier alpha value is -3.01. The zero-order valence-electron chi connectivity index (χ0n) is 19.0. The number of nitrogens with zero attached hydrogens (tertiary/aromatic N) is 3. The lowest BCUT2D eigenvalue weighted by atomic mass is 10.1. The highest BCUT2D eigenvalue weighted by molar-refractivity contribution is 5.78. The van der Waals surface area contributed by atoms with E-state index >= 15 is 0 Å². The molecule has 1 saturated heterocycles. The maximum absolute atomic E-state index is 12.8. The molecule has 0 aliphatic carbocycles. The molecule has 3 rings (SSSR count). The molecule has 7 nitrogen and oxygen atoms in total. The summed E-state index contributed by atoms with van der Waals surface area (Å²) in [4.78, 5) is 20.7. The van der Waals surface area contributed by atoms with Gasteiger partial charge in [0, 0.05) is 37.9 Å². The molecule has 1 aliphatic rings. The number of nitrogens with one attached hydrogen (secondary N) is 1. The summed E-state index contributed by atoms with van der Waals surface area (Å²) in [7, 11) is 3.16. The first kappa shape index (κ1) is 24.6. The maximum atomic E-state index is 12.8. The molecule has 1 aliphatic heterocycles. The van der Waals surface area contributed by atoms with Gasteiger partial charge in [-0.05, 0) is 43.7 Å². The second kappa shape index (κ2) is 10.7. The first-order valence-corrected chi connectivity index (χ1v) is 10.7. The predicted molar refractivity (Wildman–Crippen MR) is 119 cm³/mol. The molecule has 0 spiro atoms. The fraction of sp³-hybridized carbons (Fsp3) is 0.478. The van der Waals surface area contributed by atoms with Crippen molar-refractivity contribution in [3.05, 3.63) is 47.7 Å². The Morgan fingerprint density at radius 3 is 2.55 bits per heavy atom. The van der Waals surface area contributed by atoms with Crippen LogP contribution >= 0.6 is 0 Å². The zero-order chi connectivity index (χ0) is 24.0. The summed E-state index contributed by atoms with van der Waals surface area (Å²) >= 11 is 0. The van der Waals surface area contributed by atoms with Crippen molar-refractivity contribution in [3.63, 3.8) is 0 Å². The third-order valence-electron chi connectivity index (χ3n) is 5.64. The SMILES string of the molecule is COc1ccc(OC)c(C(C)NC(=O)CN2CCCN(c3ccc(C(F)(F)F)cn3)CC2)c1. The number of alkyl halides is 3. The van der Waals surface area contributed by atoms with E-state index in [0.717, 1.165) is 24.2 Å². The van der Waals surface area contributed by atoms with Crippen molar-refractivity contribution >= 4 is 11.7 Å². The van der Waals surface area contributed by atoms with E-state index in [9.17, 15) is 18.0 Å². The molecule has 2 heterocycles. The number of rotatable bonds is 7. The van der Waals surface area contributed by atoms with Crippen molar-refractivity contribution in [3.8, 4) is 11.5 Å². The molecular weight excluding hydrogens is 437 g/mol. The highest BCUT2D eigenvalue weighted by atomic mass is 19.4. The summed E-state index contributed by atoms with van der Waals surface area (Å²) in [5, 5.41) is 3.00. The van der Waals surface area contributed by atoms with E-state index in [2.05, 4.69) is 10.3 Å². The van der Waals surface area contributed by atoms with Crippen LogP contribution in [0.2, 0.25) is 0 Å². The molecule has 180 valence electrons. The average Bonchev–Trinajstić information content (AvgIpc) is 3.03. The number of pyridine rings is 1. The maximum Gasteiger partial charge on any atom is 0.417 e. The van der Waals surface area contributed by atoms with Gasteiger partial charge in [0.2, 0.25) is 5.91 Å². The smallest absolute Gasteiger partial charge is 0.417 e. The van der Waals surface area contributed by atoms with Gasteiger partial charge < -0.3 is 19.7 Å². The highest BCUT2D eigenvalue weighted by Crippen LogP contribution is 2.30. The average molecular weight is 467 g/mol. The normalized spacial score (nSPS) is 16.1. The summed E-state index contributed by atoms with van der Waals surface area (Å²) in [6.07, 6.45) is -2.77. The molecule has 1 aromatic carbocycles. The standard InChI is InChI=1S/C23H29F3N4O3/c1-16(19-13-18(32-2)6-7-20(19)33-3)28-22(31)15-29-9-4-10-30(12-11-29)21-8-5-17(14-27-21)23(24,25)26/h5-8,13-14,16H,4,9-12,15H2,1-3H3,(H,28,31). The van der Waals surface area contributed by atoms with E-state index in [1.54, 1.807) is 26.4 Å². The molecule has 1 aromatic heterocycles. The lowest BCUT2D eigenvalue weighted by molar-refractivity contribution is -0.137. The number of methoxy groups -OCH3 is 2. The van der Waals surface area contributed by atoms with Crippen molar-refractivity contribution in [2.75, 3.05) is 51.8 Å². The van der Waals surface area contributed by atoms with Crippen LogP contribution in [0.5, 0.6) is 11.5 Å². The molecule has 1 atom stereocenters. The molecule has 0 radical (unpaired) electrons. The van der Waals surface area contributed by atoms with Gasteiger partial charge in [-0.2, -0.15) is 13.2 Å². The van der Waals surface area contributed by atoms with Crippen LogP contribution in [0, 0.1) is 0 Å². The first-order chi connectivity index (χ1) is 15.7. The van der Waals surface area contributed by atoms with Gasteiger partial charge in [-0.15, -0.1) is 0 Å². The van der Waals surface area contributed by atoms with E-state index in [0.29, 0.717) is 43.5 Å². The van der Waals surface area contributed by atoms with Gasteiger partial charge in [0.05, 0.1) is 32.4 Å². The molecule has 0 bridgehead atoms. The summed E-state index contributed by atoms with van der Waals surface area (Å²) in [6, 6.07) is 7.61. The van der Waals surface area contributed by atoms with Crippen molar-refractivity contribution < 1.29 is 27.4 Å². The van der Waals surface area contributed by atoms with E-state index in [4.69, 9.17) is 9.47 Å². The number of amides is 1. The second-order valence-electron chi connectivity index (χ2n) is 7.92. The van der Waals surface area contributed by atoms with E-state index in [-0.39, 0.29) is 18.5 Å². The molecule has 1 amide bonds. The van der Waals surface area contributed by atoms with E-state index in [1.807, 2.05) is 22.8 Å². The summed E-state index contributed by atoms with van der Waals surface area (Å²) < 4.78 is 49.0. The number of carbonyl (C=O) groups is 1. The lowest BCUT2D eigenvalue weighted by Gasteiger charge is -2.24. The van der Waals surface area contributed by atoms with Gasteiger partial charge in [0.15, 0.2) is 0 Å². The van der Waals surface area contributed by atoms with Gasteiger partial charge in [0.1, 0.15) is 17.3 Å². The topological polar surface area (TPSA) is 66.9 Å². The van der Waals surface area contributed by atoms with Gasteiger partial charge in [-0.3, -0.25) is 9.69 Å². The van der Waals surface area contributed by atoms with Gasteiger partial charge in [-0.1, -0.05) is 0 Å². The minimum absolute atomic E-state index is 0.117. The molecule has 2 aromatic rings. The van der Waals surface area contributed by atoms with Crippen LogP contribution in [0.1, 0.15) is 30.5 Å². The van der Waals surface area contributed by atoms with Gasteiger partial charge in [0.25, 0.3) is 0 Å². The molecule has 1 N–H and O–H groups in total. The number of hydrogen-bond acceptors (Lipinski definition) is 6. The molecule has 1 unspecified atom stereocenters. The van der Waals surface area contributed by atoms with Crippen LogP contribution in [0.4, 0.5) is 19.0 Å². The predicted octanol–water partition coefficient (Wildman–Crippen LogP) is 3.51. The minimum Gasteiger partial charge on any atom is -0.497 e. The number of halogens is 3. The van der Waals surface area contributed by atoms with Crippen LogP contribution in [-0.2, 0) is 11.0 Å². The number of benzene rings is 1. The third kappa shape index (κ3) is 6.50. The van der Waals surface area contributed by atoms with Crippen molar-refractivity contribution in [2.24, 2.45) is 0 Å². The Balaban J connectivity index is 1.55. The Labute approximate surface area is 191 Å². The Bertz CT molecular complexity index is 938. The molecule has 33 heavy (non-hydrogen) atoms. The fourth-order valence-corrected chi connectivity index (χ4v) is 3.84. The number of aromatic nitrogens is 1. The number of ether oxygens (including phenoxy) is 2. The van der Waals surface area contributed by atoms with Gasteiger partial charge >= 0.3 is 6.18 Å². The molecule has 10 heteroatoms. The first-order valence-electron chi connectivity index (χ1n) is 10.7. The third-order valence-corrected chi connectivity index (χ3v) is 5.64. The van der Waals surface area contributed by atoms with Gasteiger partial charge in [-0.25, -0.2) is 4.98 Å². The quantitative estimate of drug-likeness (QED) is 0.674. The number of anilines is 1. The summed E-state index contributed by atoms with van der Waals surface area (Å²) in [5.41, 5.74) is 0.0572. The Morgan fingerprint density at radius 1 is 1.12 bits per heavy atom. The van der Waals surface area contributed by atoms with E-state index < -0.39 is 11.7 Å². The van der Waals surface area contributed by atoms with E-state index in [1.165, 1.54) is 6.07 Å². The van der Waals surface area contributed by atoms with Crippen molar-refractivity contribution in [1.29, 1.82) is 0 Å². The van der Waals surface area contributed by atoms with Crippen LogP contribution < -0.4 is 19.7 Å². The number of hydrogen-bond donors (Lipinski definition) is 1. The Morgan fingerprint density at radius 2 is 1.91 bits per heavy atom. The van der Waals surface area contributed by atoms with Crippen LogP contribution in [0.15, 0.2) is 36.5 Å². The molecular formula is C23H29F3N4O3. The number of carbonyl (C=O) groups excluding carboxylic acids is 1. The summed E-state index contributed by atoms with van der Waals surface area (Å²) in [6.45, 7) is 4.66. The van der Waals surface area contributed by atoms with Crippen LogP contribution in [0.3, 0.4) is 0 Å². The minimum atomic E-state index is -4.40. The van der Waals surface area contributed by atoms with Crippen molar-refractivity contribution in [2.45, 2.75) is 25.6 Å². The monoisotopic (exact) mass is 466 g/mol. The summed E-state index contributed by atoms with van der Waals surface area (Å²) in [5.74, 6) is 1.73. The largest absolute Gasteiger partial charge is 0.497 e. The highest BCUT2D eigenvalue weighted by Gasteiger charge is 2.31. The Kier molecular flexibility index (Phi) is 8.01. The zero-order valence-corrected chi connectivity index (χ0v) is 19.0. The van der Waals surface area contributed by atoms with Crippen molar-refractivity contribution in [1.82, 2.24) is 15.2 Å². The molecule has 1 fully saturated rings. The lowest BCUT2D eigenvalue weighted by Crippen LogP contribution is -2.40. The second-order valence-corrected chi connectivity index (χ2v) is 7.92. The molecule has 0 saturated carbocycles.